The highest BCUT2D eigenvalue weighted by molar-refractivity contribution is 6.29. The average Bonchev–Trinajstić information content (AvgIpc) is 2.70. The summed E-state index contributed by atoms with van der Waals surface area (Å²) in [7, 11) is 0. The van der Waals surface area contributed by atoms with Crippen LogP contribution in [0.15, 0.2) is 28.9 Å². The van der Waals surface area contributed by atoms with E-state index in [2.05, 4.69) is 0 Å². The number of furan rings is 1. The van der Waals surface area contributed by atoms with Gasteiger partial charge < -0.3 is 10.2 Å². The molecule has 0 aliphatic carbocycles. The highest BCUT2D eigenvalue weighted by Crippen LogP contribution is 2.31. The number of hydrogen-bond donors (Lipinski definition) is 1. The van der Waals surface area contributed by atoms with Gasteiger partial charge in [-0.25, -0.2) is 8.78 Å². The van der Waals surface area contributed by atoms with E-state index in [-0.39, 0.29) is 10.8 Å². The molecule has 2 aromatic rings. The van der Waals surface area contributed by atoms with E-state index in [0.717, 1.165) is 0 Å². The van der Waals surface area contributed by atoms with Crippen LogP contribution in [0, 0.1) is 18.6 Å². The molecule has 0 aliphatic heterocycles. The van der Waals surface area contributed by atoms with Crippen molar-refractivity contribution in [3.8, 4) is 0 Å². The van der Waals surface area contributed by atoms with Crippen molar-refractivity contribution in [2.24, 2.45) is 5.73 Å². The summed E-state index contributed by atoms with van der Waals surface area (Å²) in [5.41, 5.74) is 6.29. The van der Waals surface area contributed by atoms with Crippen molar-refractivity contribution >= 4 is 11.6 Å². The minimum absolute atomic E-state index is 0.0396. The van der Waals surface area contributed by atoms with Gasteiger partial charge in [-0.15, -0.1) is 0 Å². The van der Waals surface area contributed by atoms with E-state index in [1.807, 2.05) is 0 Å². The molecule has 1 aromatic heterocycles. The Kier molecular flexibility index (Phi) is 3.17. The number of aryl methyl sites for hydroxylation is 1. The van der Waals surface area contributed by atoms with Crippen LogP contribution in [0.4, 0.5) is 8.78 Å². The second kappa shape index (κ2) is 4.47. The molecule has 2 rings (SSSR count). The van der Waals surface area contributed by atoms with Crippen molar-refractivity contribution in [2.75, 3.05) is 0 Å². The fraction of sp³-hybridized carbons (Fsp3) is 0.167. The summed E-state index contributed by atoms with van der Waals surface area (Å²) in [6.45, 7) is 1.54. The van der Waals surface area contributed by atoms with E-state index < -0.39 is 17.7 Å². The van der Waals surface area contributed by atoms with Crippen LogP contribution in [0.3, 0.4) is 0 Å². The van der Waals surface area contributed by atoms with Crippen LogP contribution in [0.1, 0.15) is 22.7 Å². The molecule has 0 saturated heterocycles. The van der Waals surface area contributed by atoms with Crippen LogP contribution in [0.25, 0.3) is 0 Å². The van der Waals surface area contributed by atoms with Gasteiger partial charge in [0.2, 0.25) is 0 Å². The first-order valence-electron chi connectivity index (χ1n) is 4.95. The predicted octanol–water partition coefficient (Wildman–Crippen LogP) is 3.57. The molecular weight excluding hydrogens is 248 g/mol. The maximum absolute atomic E-state index is 13.8. The first-order valence-corrected chi connectivity index (χ1v) is 5.33. The van der Waals surface area contributed by atoms with Gasteiger partial charge in [0, 0.05) is 11.1 Å². The number of rotatable bonds is 2. The van der Waals surface area contributed by atoms with Crippen molar-refractivity contribution in [3.63, 3.8) is 0 Å². The van der Waals surface area contributed by atoms with Crippen LogP contribution in [0.2, 0.25) is 5.22 Å². The second-order valence-corrected chi connectivity index (χ2v) is 4.06. The Morgan fingerprint density at radius 3 is 2.59 bits per heavy atom. The van der Waals surface area contributed by atoms with Crippen LogP contribution in [0.5, 0.6) is 0 Å². The highest BCUT2D eigenvalue weighted by atomic mass is 35.5. The van der Waals surface area contributed by atoms with Crippen LogP contribution < -0.4 is 5.73 Å². The standard InChI is InChI=1S/C12H10ClF2NO/c1-6-2-3-8(14)9(10(6)15)11(16)7-4-5-17-12(7)13/h2-5,11H,16H2,1H3. The summed E-state index contributed by atoms with van der Waals surface area (Å²) in [5.74, 6) is -1.35. The largest absolute Gasteiger partial charge is 0.453 e. The van der Waals surface area contributed by atoms with Crippen molar-refractivity contribution in [2.45, 2.75) is 13.0 Å². The minimum Gasteiger partial charge on any atom is -0.453 e. The number of nitrogens with two attached hydrogens (primary N) is 1. The van der Waals surface area contributed by atoms with E-state index in [4.69, 9.17) is 21.8 Å². The summed E-state index contributed by atoms with van der Waals surface area (Å²) in [4.78, 5) is 0. The Labute approximate surface area is 102 Å². The minimum atomic E-state index is -0.985. The molecule has 17 heavy (non-hydrogen) atoms. The van der Waals surface area contributed by atoms with E-state index in [1.165, 1.54) is 24.5 Å². The predicted molar refractivity (Wildman–Crippen MR) is 60.8 cm³/mol. The zero-order chi connectivity index (χ0) is 12.6. The van der Waals surface area contributed by atoms with E-state index >= 15 is 0 Å². The fourth-order valence-electron chi connectivity index (χ4n) is 1.65. The van der Waals surface area contributed by atoms with Crippen molar-refractivity contribution in [1.82, 2.24) is 0 Å². The molecule has 0 fully saturated rings. The third-order valence-electron chi connectivity index (χ3n) is 2.61. The summed E-state index contributed by atoms with van der Waals surface area (Å²) in [5, 5.41) is 0.0396. The second-order valence-electron chi connectivity index (χ2n) is 3.72. The topological polar surface area (TPSA) is 39.2 Å². The lowest BCUT2D eigenvalue weighted by atomic mass is 9.99. The van der Waals surface area contributed by atoms with E-state index in [9.17, 15) is 8.78 Å². The maximum atomic E-state index is 13.8. The van der Waals surface area contributed by atoms with Gasteiger partial charge in [0.15, 0.2) is 5.22 Å². The van der Waals surface area contributed by atoms with Crippen LogP contribution >= 0.6 is 11.6 Å². The van der Waals surface area contributed by atoms with Crippen LogP contribution in [-0.2, 0) is 0 Å². The first-order chi connectivity index (χ1) is 8.02. The maximum Gasteiger partial charge on any atom is 0.198 e. The third-order valence-corrected chi connectivity index (χ3v) is 2.92. The number of hydrogen-bond acceptors (Lipinski definition) is 2. The van der Waals surface area contributed by atoms with E-state index in [1.54, 1.807) is 6.92 Å². The molecule has 1 heterocycles. The average molecular weight is 258 g/mol. The quantitative estimate of drug-likeness (QED) is 0.893. The zero-order valence-corrected chi connectivity index (χ0v) is 9.76. The molecular formula is C12H10ClF2NO. The third kappa shape index (κ3) is 2.06. The van der Waals surface area contributed by atoms with Gasteiger partial charge in [0.25, 0.3) is 0 Å². The zero-order valence-electron chi connectivity index (χ0n) is 9.01. The molecule has 0 saturated carbocycles. The summed E-state index contributed by atoms with van der Waals surface area (Å²) in [6.07, 6.45) is 1.32. The molecule has 2 N–H and O–H groups in total. The molecule has 0 bridgehead atoms. The number of halogens is 3. The van der Waals surface area contributed by atoms with Gasteiger partial charge in [-0.05, 0) is 36.2 Å². The summed E-state index contributed by atoms with van der Waals surface area (Å²) in [6, 6.07) is 3.05. The van der Waals surface area contributed by atoms with E-state index in [0.29, 0.717) is 11.1 Å². The molecule has 1 aromatic carbocycles. The Morgan fingerprint density at radius 1 is 1.29 bits per heavy atom. The molecule has 1 atom stereocenters. The fourth-order valence-corrected chi connectivity index (χ4v) is 1.88. The lowest BCUT2D eigenvalue weighted by Gasteiger charge is -2.14. The Balaban J connectivity index is 2.55. The van der Waals surface area contributed by atoms with Gasteiger partial charge in [-0.3, -0.25) is 0 Å². The Morgan fingerprint density at radius 2 is 2.00 bits per heavy atom. The van der Waals surface area contributed by atoms with Crippen molar-refractivity contribution < 1.29 is 13.2 Å². The highest BCUT2D eigenvalue weighted by Gasteiger charge is 2.22. The van der Waals surface area contributed by atoms with Crippen molar-refractivity contribution in [1.29, 1.82) is 0 Å². The van der Waals surface area contributed by atoms with Gasteiger partial charge in [0.1, 0.15) is 11.6 Å². The van der Waals surface area contributed by atoms with Crippen molar-refractivity contribution in [3.05, 3.63) is 58.0 Å². The first kappa shape index (κ1) is 12.1. The molecule has 2 nitrogen and oxygen atoms in total. The van der Waals surface area contributed by atoms with Gasteiger partial charge in [-0.1, -0.05) is 6.07 Å². The summed E-state index contributed by atoms with van der Waals surface area (Å²) < 4.78 is 32.3. The molecule has 0 aliphatic rings. The normalized spacial score (nSPS) is 12.8. The lowest BCUT2D eigenvalue weighted by Crippen LogP contribution is -2.16. The molecule has 0 amide bonds. The molecule has 90 valence electrons. The molecule has 5 heteroatoms. The van der Waals surface area contributed by atoms with Gasteiger partial charge in [-0.2, -0.15) is 0 Å². The van der Waals surface area contributed by atoms with Gasteiger partial charge >= 0.3 is 0 Å². The lowest BCUT2D eigenvalue weighted by molar-refractivity contribution is 0.533. The molecule has 1 unspecified atom stereocenters. The Bertz CT molecular complexity index is 553. The summed E-state index contributed by atoms with van der Waals surface area (Å²) >= 11 is 5.74. The monoisotopic (exact) mass is 257 g/mol. The van der Waals surface area contributed by atoms with Gasteiger partial charge in [0.05, 0.1) is 12.3 Å². The smallest absolute Gasteiger partial charge is 0.198 e. The number of benzene rings is 1. The Hall–Kier alpha value is -1.39. The molecule has 0 spiro atoms. The SMILES string of the molecule is Cc1ccc(F)c(C(N)c2ccoc2Cl)c1F. The van der Waals surface area contributed by atoms with Crippen LogP contribution in [-0.4, -0.2) is 0 Å². The molecule has 0 radical (unpaired) electrons.